The van der Waals surface area contributed by atoms with Crippen LogP contribution < -0.4 is 20.4 Å². The summed E-state index contributed by atoms with van der Waals surface area (Å²) in [5, 5.41) is 5.84. The predicted molar refractivity (Wildman–Crippen MR) is 95.0 cm³/mol. The summed E-state index contributed by atoms with van der Waals surface area (Å²) in [5.41, 5.74) is 1.00. The Morgan fingerprint density at radius 2 is 2.12 bits per heavy atom. The van der Waals surface area contributed by atoms with Gasteiger partial charge < -0.3 is 20.3 Å². The van der Waals surface area contributed by atoms with Gasteiger partial charge in [-0.25, -0.2) is 9.18 Å². The summed E-state index contributed by atoms with van der Waals surface area (Å²) in [5.74, 6) is -0.538. The van der Waals surface area contributed by atoms with Crippen molar-refractivity contribution in [1.82, 2.24) is 10.6 Å². The van der Waals surface area contributed by atoms with Gasteiger partial charge in [0.05, 0.1) is 24.5 Å². The van der Waals surface area contributed by atoms with Crippen molar-refractivity contribution in [3.05, 3.63) is 24.0 Å². The molecule has 0 bridgehead atoms. The number of hydrogen-bond donors (Lipinski definition) is 2. The van der Waals surface area contributed by atoms with Crippen molar-refractivity contribution in [2.75, 3.05) is 49.1 Å². The number of halogens is 2. The van der Waals surface area contributed by atoms with Crippen LogP contribution in [0.25, 0.3) is 0 Å². The lowest BCUT2D eigenvalue weighted by Gasteiger charge is -2.30. The number of carbonyl (C=O) groups excluding carboxylic acids is 2. The van der Waals surface area contributed by atoms with Gasteiger partial charge in [0.25, 0.3) is 0 Å². The number of piperazine rings is 1. The molecular formula is C16H22ClFN4O3. The molecule has 0 radical (unpaired) electrons. The molecule has 0 saturated carbocycles. The van der Waals surface area contributed by atoms with Crippen LogP contribution in [-0.4, -0.2) is 57.4 Å². The normalized spacial score (nSPS) is 20.1. The molecule has 3 rings (SSSR count). The monoisotopic (exact) mass is 372 g/mol. The van der Waals surface area contributed by atoms with Crippen LogP contribution in [-0.2, 0) is 9.53 Å². The van der Waals surface area contributed by atoms with E-state index in [-0.39, 0.29) is 37.2 Å². The molecule has 9 heteroatoms. The lowest BCUT2D eigenvalue weighted by atomic mass is 10.2. The summed E-state index contributed by atoms with van der Waals surface area (Å²) < 4.78 is 19.7. The molecule has 2 aliphatic rings. The summed E-state index contributed by atoms with van der Waals surface area (Å²) in [6.07, 6.45) is -0.961. The van der Waals surface area contributed by atoms with Crippen LogP contribution >= 0.6 is 12.4 Å². The second kappa shape index (κ2) is 8.35. The Morgan fingerprint density at radius 1 is 1.40 bits per heavy atom. The molecule has 1 atom stereocenters. The molecule has 2 saturated heterocycles. The van der Waals surface area contributed by atoms with Gasteiger partial charge in [0.2, 0.25) is 5.91 Å². The fourth-order valence-electron chi connectivity index (χ4n) is 2.92. The van der Waals surface area contributed by atoms with E-state index in [0.29, 0.717) is 11.4 Å². The predicted octanol–water partition coefficient (Wildman–Crippen LogP) is 1.12. The minimum atomic E-state index is -0.528. The molecule has 25 heavy (non-hydrogen) atoms. The zero-order valence-electron chi connectivity index (χ0n) is 14.0. The van der Waals surface area contributed by atoms with E-state index >= 15 is 0 Å². The van der Waals surface area contributed by atoms with Crippen molar-refractivity contribution in [3.63, 3.8) is 0 Å². The maximum absolute atomic E-state index is 14.5. The summed E-state index contributed by atoms with van der Waals surface area (Å²) in [7, 11) is 0. The van der Waals surface area contributed by atoms with Crippen molar-refractivity contribution < 1.29 is 18.7 Å². The number of hydrogen-bond acceptors (Lipinski definition) is 5. The van der Waals surface area contributed by atoms with E-state index in [1.54, 1.807) is 12.1 Å². The maximum atomic E-state index is 14.5. The fourth-order valence-corrected chi connectivity index (χ4v) is 2.92. The highest BCUT2D eigenvalue weighted by Gasteiger charge is 2.32. The minimum Gasteiger partial charge on any atom is -0.442 e. The molecule has 0 aliphatic carbocycles. The molecule has 0 spiro atoms. The largest absolute Gasteiger partial charge is 0.442 e. The van der Waals surface area contributed by atoms with Crippen LogP contribution in [0, 0.1) is 5.82 Å². The Morgan fingerprint density at radius 3 is 2.76 bits per heavy atom. The van der Waals surface area contributed by atoms with Crippen LogP contribution in [0.2, 0.25) is 0 Å². The molecule has 2 heterocycles. The Kier molecular flexibility index (Phi) is 6.44. The number of amides is 2. The molecule has 0 aromatic heterocycles. The summed E-state index contributed by atoms with van der Waals surface area (Å²) in [4.78, 5) is 26.3. The highest BCUT2D eigenvalue weighted by molar-refractivity contribution is 5.90. The van der Waals surface area contributed by atoms with Crippen molar-refractivity contribution >= 4 is 35.8 Å². The fraction of sp³-hybridized carbons (Fsp3) is 0.500. The average molecular weight is 373 g/mol. The quantitative estimate of drug-likeness (QED) is 0.828. The lowest BCUT2D eigenvalue weighted by Crippen LogP contribution is -2.43. The van der Waals surface area contributed by atoms with Gasteiger partial charge in [-0.1, -0.05) is 0 Å². The molecule has 138 valence electrons. The summed E-state index contributed by atoms with van der Waals surface area (Å²) in [6, 6.07) is 4.78. The Hall–Kier alpha value is -2.06. The first-order valence-electron chi connectivity index (χ1n) is 8.02. The SMILES string of the molecule is CC(=O)NCC1CN(c2ccc(N3CCNCC3)c(F)c2)C(=O)O1.Cl. The van der Waals surface area contributed by atoms with Crippen LogP contribution in [0.4, 0.5) is 20.6 Å². The van der Waals surface area contributed by atoms with E-state index in [0.717, 1.165) is 26.2 Å². The van der Waals surface area contributed by atoms with Crippen molar-refractivity contribution in [2.24, 2.45) is 0 Å². The molecule has 1 unspecified atom stereocenters. The molecule has 2 fully saturated rings. The molecule has 2 amide bonds. The molecule has 1 aromatic rings. The van der Waals surface area contributed by atoms with Crippen LogP contribution in [0.3, 0.4) is 0 Å². The topological polar surface area (TPSA) is 73.9 Å². The van der Waals surface area contributed by atoms with Gasteiger partial charge in [-0.15, -0.1) is 12.4 Å². The number of anilines is 2. The first-order chi connectivity index (χ1) is 11.5. The second-order valence-electron chi connectivity index (χ2n) is 5.93. The van der Waals surface area contributed by atoms with Crippen molar-refractivity contribution in [3.8, 4) is 0 Å². The Bertz CT molecular complexity index is 640. The van der Waals surface area contributed by atoms with E-state index in [4.69, 9.17) is 4.74 Å². The van der Waals surface area contributed by atoms with Crippen LogP contribution in [0.5, 0.6) is 0 Å². The molecule has 7 nitrogen and oxygen atoms in total. The number of ether oxygens (including phenoxy) is 1. The Labute approximate surface area is 151 Å². The smallest absolute Gasteiger partial charge is 0.414 e. The zero-order valence-corrected chi connectivity index (χ0v) is 14.8. The number of nitrogens with one attached hydrogen (secondary N) is 2. The third-order valence-electron chi connectivity index (χ3n) is 4.15. The van der Waals surface area contributed by atoms with Gasteiger partial charge in [0, 0.05) is 33.1 Å². The van der Waals surface area contributed by atoms with Gasteiger partial charge in [-0.05, 0) is 18.2 Å². The summed E-state index contributed by atoms with van der Waals surface area (Å²) in [6.45, 7) is 5.08. The summed E-state index contributed by atoms with van der Waals surface area (Å²) >= 11 is 0. The number of cyclic esters (lactones) is 1. The second-order valence-corrected chi connectivity index (χ2v) is 5.93. The molecule has 2 N–H and O–H groups in total. The minimum absolute atomic E-state index is 0. The van der Waals surface area contributed by atoms with Gasteiger partial charge >= 0.3 is 6.09 Å². The lowest BCUT2D eigenvalue weighted by molar-refractivity contribution is -0.119. The van der Waals surface area contributed by atoms with Crippen molar-refractivity contribution in [1.29, 1.82) is 0 Å². The Balaban J connectivity index is 0.00000225. The van der Waals surface area contributed by atoms with E-state index in [1.807, 2.05) is 4.90 Å². The third kappa shape index (κ3) is 4.52. The molecular weight excluding hydrogens is 351 g/mol. The van der Waals surface area contributed by atoms with Gasteiger partial charge in [-0.2, -0.15) is 0 Å². The van der Waals surface area contributed by atoms with E-state index in [9.17, 15) is 14.0 Å². The molecule has 1 aromatic carbocycles. The standard InChI is InChI=1S/C16H21FN4O3.ClH/c1-11(22)19-9-13-10-21(16(23)24-13)12-2-3-15(14(17)8-12)20-6-4-18-5-7-20;/h2-3,8,13,18H,4-7,9-10H2,1H3,(H,19,22);1H. The average Bonchev–Trinajstić information content (AvgIpc) is 2.94. The van der Waals surface area contributed by atoms with Crippen LogP contribution in [0.15, 0.2) is 18.2 Å². The van der Waals surface area contributed by atoms with Gasteiger partial charge in [-0.3, -0.25) is 9.69 Å². The number of benzene rings is 1. The number of nitrogens with zero attached hydrogens (tertiary/aromatic N) is 2. The third-order valence-corrected chi connectivity index (χ3v) is 4.15. The first-order valence-corrected chi connectivity index (χ1v) is 8.02. The maximum Gasteiger partial charge on any atom is 0.414 e. The highest BCUT2D eigenvalue weighted by atomic mass is 35.5. The van der Waals surface area contributed by atoms with Gasteiger partial charge in [0.15, 0.2) is 0 Å². The van der Waals surface area contributed by atoms with Crippen molar-refractivity contribution in [2.45, 2.75) is 13.0 Å². The van der Waals surface area contributed by atoms with E-state index in [2.05, 4.69) is 10.6 Å². The number of rotatable bonds is 4. The van der Waals surface area contributed by atoms with Gasteiger partial charge in [0.1, 0.15) is 11.9 Å². The highest BCUT2D eigenvalue weighted by Crippen LogP contribution is 2.28. The molecule has 2 aliphatic heterocycles. The van der Waals surface area contributed by atoms with E-state index in [1.165, 1.54) is 17.9 Å². The van der Waals surface area contributed by atoms with Crippen LogP contribution in [0.1, 0.15) is 6.92 Å². The van der Waals surface area contributed by atoms with E-state index < -0.39 is 12.2 Å². The zero-order chi connectivity index (χ0) is 17.1. The number of carbonyl (C=O) groups is 2. The first kappa shape index (κ1) is 19.3.